The maximum absolute atomic E-state index is 12.1. The third-order valence-corrected chi connectivity index (χ3v) is 3.63. The van der Waals surface area contributed by atoms with E-state index in [2.05, 4.69) is 25.3 Å². The number of rotatable bonds is 3. The third-order valence-electron chi connectivity index (χ3n) is 3.63. The van der Waals surface area contributed by atoms with E-state index in [1.165, 1.54) is 12.5 Å². The number of aromatic nitrogens is 4. The zero-order valence-electron chi connectivity index (χ0n) is 12.6. The summed E-state index contributed by atoms with van der Waals surface area (Å²) in [5.74, 6) is -0.294. The summed E-state index contributed by atoms with van der Waals surface area (Å²) >= 11 is 0. The van der Waals surface area contributed by atoms with Crippen LogP contribution in [-0.4, -0.2) is 25.8 Å². The molecular formula is C18H13N5O. The van der Waals surface area contributed by atoms with Gasteiger partial charge in [-0.1, -0.05) is 30.3 Å². The molecule has 0 saturated carbocycles. The first-order valence-electron chi connectivity index (χ1n) is 7.41. The van der Waals surface area contributed by atoms with E-state index >= 15 is 0 Å². The maximum Gasteiger partial charge on any atom is 0.274 e. The number of aromatic amines is 1. The number of amides is 1. The number of nitrogens with one attached hydrogen (secondary N) is 2. The molecule has 3 aromatic heterocycles. The van der Waals surface area contributed by atoms with Crippen molar-refractivity contribution in [3.63, 3.8) is 0 Å². The van der Waals surface area contributed by atoms with Gasteiger partial charge in [0.1, 0.15) is 17.7 Å². The number of hydrogen-bond donors (Lipinski definition) is 2. The first-order valence-corrected chi connectivity index (χ1v) is 7.41. The molecule has 0 saturated heterocycles. The second kappa shape index (κ2) is 5.92. The van der Waals surface area contributed by atoms with Gasteiger partial charge in [-0.15, -0.1) is 0 Å². The Kier molecular flexibility index (Phi) is 3.47. The Hall–Kier alpha value is -3.54. The lowest BCUT2D eigenvalue weighted by atomic mass is 10.1. The van der Waals surface area contributed by atoms with Crippen molar-refractivity contribution in [3.8, 4) is 11.3 Å². The highest BCUT2D eigenvalue weighted by atomic mass is 16.1. The molecule has 116 valence electrons. The van der Waals surface area contributed by atoms with Crippen LogP contribution in [0.15, 0.2) is 67.3 Å². The molecule has 4 rings (SSSR count). The fraction of sp³-hybridized carbons (Fsp3) is 0. The molecule has 6 nitrogen and oxygen atoms in total. The van der Waals surface area contributed by atoms with Crippen LogP contribution in [0.4, 0.5) is 5.69 Å². The van der Waals surface area contributed by atoms with Gasteiger partial charge in [-0.3, -0.25) is 4.79 Å². The standard InChI is InChI=1S/C18H13N5O/c24-18(15-6-7-19-11-21-15)22-14-8-13-9-16(23-17(13)20-10-14)12-4-2-1-3-5-12/h1-11H,(H,20,23)(H,22,24). The van der Waals surface area contributed by atoms with Gasteiger partial charge in [0, 0.05) is 17.3 Å². The van der Waals surface area contributed by atoms with E-state index in [4.69, 9.17) is 0 Å². The van der Waals surface area contributed by atoms with Gasteiger partial charge in [-0.25, -0.2) is 15.0 Å². The summed E-state index contributed by atoms with van der Waals surface area (Å²) in [4.78, 5) is 27.5. The smallest absolute Gasteiger partial charge is 0.274 e. The van der Waals surface area contributed by atoms with Crippen LogP contribution in [0.2, 0.25) is 0 Å². The number of nitrogens with zero attached hydrogens (tertiary/aromatic N) is 3. The lowest BCUT2D eigenvalue weighted by molar-refractivity contribution is 0.102. The minimum Gasteiger partial charge on any atom is -0.339 e. The van der Waals surface area contributed by atoms with Gasteiger partial charge in [0.05, 0.1) is 11.9 Å². The second-order valence-corrected chi connectivity index (χ2v) is 5.26. The van der Waals surface area contributed by atoms with Crippen LogP contribution in [0.5, 0.6) is 0 Å². The van der Waals surface area contributed by atoms with Gasteiger partial charge in [-0.2, -0.15) is 0 Å². The van der Waals surface area contributed by atoms with Gasteiger partial charge < -0.3 is 10.3 Å². The van der Waals surface area contributed by atoms with E-state index in [0.717, 1.165) is 22.3 Å². The Morgan fingerprint density at radius 2 is 1.92 bits per heavy atom. The monoisotopic (exact) mass is 315 g/mol. The molecule has 4 aromatic rings. The molecule has 0 unspecified atom stereocenters. The minimum atomic E-state index is -0.294. The topological polar surface area (TPSA) is 83.6 Å². The molecule has 0 aliphatic rings. The average Bonchev–Trinajstić information content (AvgIpc) is 3.06. The quantitative estimate of drug-likeness (QED) is 0.608. The van der Waals surface area contributed by atoms with Gasteiger partial charge in [0.25, 0.3) is 5.91 Å². The molecular weight excluding hydrogens is 302 g/mol. The summed E-state index contributed by atoms with van der Waals surface area (Å²) in [6.45, 7) is 0. The zero-order valence-corrected chi connectivity index (χ0v) is 12.6. The Bertz CT molecular complexity index is 996. The van der Waals surface area contributed by atoms with Crippen LogP contribution < -0.4 is 5.32 Å². The Labute approximate surface area is 137 Å². The van der Waals surface area contributed by atoms with Crippen LogP contribution in [0.1, 0.15) is 10.5 Å². The summed E-state index contributed by atoms with van der Waals surface area (Å²) < 4.78 is 0. The van der Waals surface area contributed by atoms with E-state index in [0.29, 0.717) is 11.4 Å². The van der Waals surface area contributed by atoms with Crippen molar-refractivity contribution in [2.45, 2.75) is 0 Å². The molecule has 3 heterocycles. The van der Waals surface area contributed by atoms with Gasteiger partial charge in [-0.05, 0) is 23.8 Å². The lowest BCUT2D eigenvalue weighted by Crippen LogP contribution is -2.13. The number of hydrogen-bond acceptors (Lipinski definition) is 4. The highest BCUT2D eigenvalue weighted by molar-refractivity contribution is 6.03. The third kappa shape index (κ3) is 2.72. The van der Waals surface area contributed by atoms with E-state index in [1.807, 2.05) is 42.5 Å². The highest BCUT2D eigenvalue weighted by Gasteiger charge is 2.09. The Balaban J connectivity index is 1.63. The number of fused-ring (bicyclic) bond motifs is 1. The van der Waals surface area contributed by atoms with Crippen molar-refractivity contribution in [3.05, 3.63) is 72.9 Å². The second-order valence-electron chi connectivity index (χ2n) is 5.26. The van der Waals surface area contributed by atoms with E-state index in [1.54, 1.807) is 12.3 Å². The summed E-state index contributed by atoms with van der Waals surface area (Å²) in [7, 11) is 0. The molecule has 0 bridgehead atoms. The predicted octanol–water partition coefficient (Wildman–Crippen LogP) is 3.27. The average molecular weight is 315 g/mol. The van der Waals surface area contributed by atoms with Gasteiger partial charge in [0.2, 0.25) is 0 Å². The van der Waals surface area contributed by atoms with E-state index in [-0.39, 0.29) is 5.91 Å². The minimum absolute atomic E-state index is 0.294. The molecule has 0 aliphatic carbocycles. The SMILES string of the molecule is O=C(Nc1cnc2[nH]c(-c3ccccc3)cc2c1)c1ccncn1. The van der Waals surface area contributed by atoms with Crippen molar-refractivity contribution in [2.75, 3.05) is 5.32 Å². The Morgan fingerprint density at radius 3 is 2.71 bits per heavy atom. The molecule has 2 N–H and O–H groups in total. The van der Waals surface area contributed by atoms with E-state index in [9.17, 15) is 4.79 Å². The van der Waals surface area contributed by atoms with Crippen LogP contribution in [-0.2, 0) is 0 Å². The molecule has 1 amide bonds. The van der Waals surface area contributed by atoms with Gasteiger partial charge >= 0.3 is 0 Å². The number of pyridine rings is 1. The van der Waals surface area contributed by atoms with E-state index < -0.39 is 0 Å². The normalized spacial score (nSPS) is 10.7. The van der Waals surface area contributed by atoms with Gasteiger partial charge in [0.15, 0.2) is 0 Å². The van der Waals surface area contributed by atoms with Crippen LogP contribution >= 0.6 is 0 Å². The number of anilines is 1. The van der Waals surface area contributed by atoms with Crippen molar-refractivity contribution in [1.82, 2.24) is 19.9 Å². The molecule has 1 aromatic carbocycles. The molecule has 24 heavy (non-hydrogen) atoms. The van der Waals surface area contributed by atoms with Crippen LogP contribution in [0.25, 0.3) is 22.3 Å². The van der Waals surface area contributed by atoms with Crippen LogP contribution in [0, 0.1) is 0 Å². The lowest BCUT2D eigenvalue weighted by Gasteiger charge is -2.03. The summed E-state index contributed by atoms with van der Waals surface area (Å²) in [5.41, 5.74) is 3.77. The Morgan fingerprint density at radius 1 is 1.04 bits per heavy atom. The molecule has 0 radical (unpaired) electrons. The van der Waals surface area contributed by atoms with Crippen molar-refractivity contribution < 1.29 is 4.79 Å². The number of benzene rings is 1. The molecule has 0 atom stereocenters. The van der Waals surface area contributed by atoms with Crippen LogP contribution in [0.3, 0.4) is 0 Å². The molecule has 0 fully saturated rings. The highest BCUT2D eigenvalue weighted by Crippen LogP contribution is 2.24. The molecule has 0 spiro atoms. The number of carbonyl (C=O) groups excluding carboxylic acids is 1. The maximum atomic E-state index is 12.1. The molecule has 0 aliphatic heterocycles. The summed E-state index contributed by atoms with van der Waals surface area (Å²) in [5, 5.41) is 3.72. The molecule has 6 heteroatoms. The number of H-pyrrole nitrogens is 1. The zero-order chi connectivity index (χ0) is 16.4. The first-order chi connectivity index (χ1) is 11.8. The first kappa shape index (κ1) is 14.1. The number of carbonyl (C=O) groups is 1. The van der Waals surface area contributed by atoms with Crippen molar-refractivity contribution >= 4 is 22.6 Å². The fourth-order valence-electron chi connectivity index (χ4n) is 2.48. The fourth-order valence-corrected chi connectivity index (χ4v) is 2.48. The van der Waals surface area contributed by atoms with Crippen molar-refractivity contribution in [1.29, 1.82) is 0 Å². The predicted molar refractivity (Wildman–Crippen MR) is 91.5 cm³/mol. The largest absolute Gasteiger partial charge is 0.339 e. The van der Waals surface area contributed by atoms with Crippen molar-refractivity contribution in [2.24, 2.45) is 0 Å². The summed E-state index contributed by atoms with van der Waals surface area (Å²) in [6.07, 6.45) is 4.49. The summed E-state index contributed by atoms with van der Waals surface area (Å²) in [6, 6.07) is 15.5.